The van der Waals surface area contributed by atoms with Crippen LogP contribution in [-0.4, -0.2) is 6.61 Å². The highest BCUT2D eigenvalue weighted by Gasteiger charge is 2.05. The Bertz CT molecular complexity index is 615. The van der Waals surface area contributed by atoms with E-state index in [4.69, 9.17) is 9.15 Å². The van der Waals surface area contributed by atoms with Crippen LogP contribution in [0.15, 0.2) is 39.5 Å². The molecule has 0 atom stereocenters. The molecule has 0 bridgehead atoms. The molecule has 0 amide bonds. The van der Waals surface area contributed by atoms with E-state index < -0.39 is 5.63 Å². The molecule has 3 nitrogen and oxygen atoms in total. The minimum Gasteiger partial charge on any atom is -0.487 e. The second kappa shape index (κ2) is 9.29. The molecule has 120 valence electrons. The Balaban J connectivity index is 1.69. The zero-order valence-corrected chi connectivity index (χ0v) is 13.5. The number of benzene rings is 1. The second-order valence-electron chi connectivity index (χ2n) is 5.76. The number of para-hydroxylation sites is 1. The molecular weight excluding hydrogens is 276 g/mol. The van der Waals surface area contributed by atoms with Crippen molar-refractivity contribution in [1.82, 2.24) is 0 Å². The normalized spacial score (nSPS) is 11.0. The Kier molecular flexibility index (Phi) is 7.01. The fraction of sp³-hybridized carbons (Fsp3) is 0.526. The first-order valence-corrected chi connectivity index (χ1v) is 8.47. The van der Waals surface area contributed by atoms with E-state index in [1.165, 1.54) is 38.5 Å². The fourth-order valence-corrected chi connectivity index (χ4v) is 2.56. The Morgan fingerprint density at radius 3 is 2.41 bits per heavy atom. The molecule has 0 fully saturated rings. The molecule has 2 rings (SSSR count). The molecule has 0 N–H and O–H groups in total. The fourth-order valence-electron chi connectivity index (χ4n) is 2.56. The van der Waals surface area contributed by atoms with Gasteiger partial charge in [-0.25, -0.2) is 4.79 Å². The minimum absolute atomic E-state index is 0.321. The molecule has 0 unspecified atom stereocenters. The van der Waals surface area contributed by atoms with Crippen molar-refractivity contribution in [2.45, 2.75) is 58.3 Å². The van der Waals surface area contributed by atoms with Crippen molar-refractivity contribution in [2.24, 2.45) is 0 Å². The molecule has 0 saturated carbocycles. The van der Waals surface area contributed by atoms with Crippen LogP contribution in [0.25, 0.3) is 11.0 Å². The van der Waals surface area contributed by atoms with Crippen LogP contribution in [0, 0.1) is 0 Å². The molecule has 0 radical (unpaired) electrons. The zero-order valence-electron chi connectivity index (χ0n) is 13.5. The Morgan fingerprint density at radius 1 is 0.955 bits per heavy atom. The summed E-state index contributed by atoms with van der Waals surface area (Å²) >= 11 is 0. The van der Waals surface area contributed by atoms with Crippen LogP contribution in [0.2, 0.25) is 0 Å². The Labute approximate surface area is 132 Å². The van der Waals surface area contributed by atoms with Gasteiger partial charge in [-0.05, 0) is 18.6 Å². The van der Waals surface area contributed by atoms with E-state index in [0.29, 0.717) is 17.9 Å². The summed E-state index contributed by atoms with van der Waals surface area (Å²) in [5.74, 6) is 0.321. The summed E-state index contributed by atoms with van der Waals surface area (Å²) in [7, 11) is 0. The van der Waals surface area contributed by atoms with Crippen molar-refractivity contribution < 1.29 is 9.15 Å². The zero-order chi connectivity index (χ0) is 15.6. The third-order valence-electron chi connectivity index (χ3n) is 3.86. The van der Waals surface area contributed by atoms with Gasteiger partial charge in [0.15, 0.2) is 0 Å². The highest BCUT2D eigenvalue weighted by Crippen LogP contribution is 2.17. The number of hydrogen-bond acceptors (Lipinski definition) is 3. The lowest BCUT2D eigenvalue weighted by molar-refractivity contribution is 0.290. The molecule has 2 aromatic rings. The second-order valence-corrected chi connectivity index (χ2v) is 5.76. The third-order valence-corrected chi connectivity index (χ3v) is 3.86. The van der Waals surface area contributed by atoms with Gasteiger partial charge in [0, 0.05) is 5.39 Å². The van der Waals surface area contributed by atoms with Crippen LogP contribution in [0.5, 0.6) is 5.75 Å². The largest absolute Gasteiger partial charge is 0.487 e. The van der Waals surface area contributed by atoms with Crippen LogP contribution in [-0.2, 0) is 0 Å². The smallest absolute Gasteiger partial charge is 0.379 e. The standard InChI is InChI=1S/C19H26O3/c1-2-3-4-5-6-7-8-11-14-21-18-15-16-12-9-10-13-17(16)22-19(18)20/h9-10,12-13,15H,2-8,11,14H2,1H3. The molecule has 1 aromatic heterocycles. The van der Waals surface area contributed by atoms with Gasteiger partial charge in [0.1, 0.15) is 5.58 Å². The van der Waals surface area contributed by atoms with Gasteiger partial charge in [0.2, 0.25) is 5.75 Å². The summed E-state index contributed by atoms with van der Waals surface area (Å²) in [6.45, 7) is 2.82. The van der Waals surface area contributed by atoms with Crippen molar-refractivity contribution in [3.63, 3.8) is 0 Å². The number of hydrogen-bond donors (Lipinski definition) is 0. The first-order valence-electron chi connectivity index (χ1n) is 8.47. The molecule has 1 heterocycles. The first kappa shape index (κ1) is 16.6. The number of ether oxygens (including phenoxy) is 1. The summed E-state index contributed by atoms with van der Waals surface area (Å²) in [6.07, 6.45) is 10.0. The first-order chi connectivity index (χ1) is 10.8. The molecule has 0 aliphatic heterocycles. The maximum atomic E-state index is 11.8. The molecule has 3 heteroatoms. The summed E-state index contributed by atoms with van der Waals surface area (Å²) in [5, 5.41) is 0.896. The van der Waals surface area contributed by atoms with Gasteiger partial charge in [-0.1, -0.05) is 70.1 Å². The quantitative estimate of drug-likeness (QED) is 0.441. The summed E-state index contributed by atoms with van der Waals surface area (Å²) in [4.78, 5) is 11.8. The van der Waals surface area contributed by atoms with Gasteiger partial charge in [0.05, 0.1) is 6.61 Å². The highest BCUT2D eigenvalue weighted by atomic mass is 16.5. The number of fused-ring (bicyclic) bond motifs is 1. The van der Waals surface area contributed by atoms with Crippen LogP contribution in [0.3, 0.4) is 0 Å². The molecule has 0 saturated heterocycles. The van der Waals surface area contributed by atoms with Gasteiger partial charge in [-0.2, -0.15) is 0 Å². The molecule has 0 spiro atoms. The number of unbranched alkanes of at least 4 members (excludes halogenated alkanes) is 7. The van der Waals surface area contributed by atoms with E-state index in [1.54, 1.807) is 12.1 Å². The van der Waals surface area contributed by atoms with Crippen LogP contribution in [0.4, 0.5) is 0 Å². The third kappa shape index (κ3) is 5.21. The lowest BCUT2D eigenvalue weighted by Gasteiger charge is -2.06. The van der Waals surface area contributed by atoms with E-state index in [-0.39, 0.29) is 0 Å². The molecule has 1 aromatic carbocycles. The average Bonchev–Trinajstić information content (AvgIpc) is 2.53. The summed E-state index contributed by atoms with van der Waals surface area (Å²) < 4.78 is 10.8. The van der Waals surface area contributed by atoms with E-state index in [1.807, 2.05) is 18.2 Å². The van der Waals surface area contributed by atoms with Crippen molar-refractivity contribution in [3.8, 4) is 5.75 Å². The van der Waals surface area contributed by atoms with Gasteiger partial charge < -0.3 is 9.15 Å². The highest BCUT2D eigenvalue weighted by molar-refractivity contribution is 5.77. The van der Waals surface area contributed by atoms with Crippen molar-refractivity contribution in [2.75, 3.05) is 6.61 Å². The predicted octanol–water partition coefficient (Wildman–Crippen LogP) is 5.31. The van der Waals surface area contributed by atoms with E-state index in [9.17, 15) is 4.79 Å². The van der Waals surface area contributed by atoms with E-state index >= 15 is 0 Å². The monoisotopic (exact) mass is 302 g/mol. The van der Waals surface area contributed by atoms with Gasteiger partial charge >= 0.3 is 5.63 Å². The van der Waals surface area contributed by atoms with Crippen LogP contribution in [0.1, 0.15) is 58.3 Å². The van der Waals surface area contributed by atoms with Crippen molar-refractivity contribution in [3.05, 3.63) is 40.8 Å². The molecule has 0 aliphatic carbocycles. The van der Waals surface area contributed by atoms with Crippen molar-refractivity contribution in [1.29, 1.82) is 0 Å². The van der Waals surface area contributed by atoms with Gasteiger partial charge in [-0.15, -0.1) is 0 Å². The molecule has 0 aliphatic rings. The lowest BCUT2D eigenvalue weighted by Crippen LogP contribution is -2.07. The topological polar surface area (TPSA) is 39.4 Å². The maximum Gasteiger partial charge on any atom is 0.379 e. The van der Waals surface area contributed by atoms with Crippen LogP contribution < -0.4 is 10.4 Å². The van der Waals surface area contributed by atoms with Crippen LogP contribution >= 0.6 is 0 Å². The predicted molar refractivity (Wildman–Crippen MR) is 90.6 cm³/mol. The van der Waals surface area contributed by atoms with Gasteiger partial charge in [-0.3, -0.25) is 0 Å². The lowest BCUT2D eigenvalue weighted by atomic mass is 10.1. The van der Waals surface area contributed by atoms with Gasteiger partial charge in [0.25, 0.3) is 0 Å². The van der Waals surface area contributed by atoms with E-state index in [2.05, 4.69) is 6.92 Å². The average molecular weight is 302 g/mol. The number of rotatable bonds is 10. The Morgan fingerprint density at radius 2 is 1.64 bits per heavy atom. The summed E-state index contributed by atoms with van der Waals surface area (Å²) in [6, 6.07) is 9.25. The van der Waals surface area contributed by atoms with Crippen molar-refractivity contribution >= 4 is 11.0 Å². The SMILES string of the molecule is CCCCCCCCCCOc1cc2ccccc2oc1=O. The molecular formula is C19H26O3. The maximum absolute atomic E-state index is 11.8. The minimum atomic E-state index is -0.390. The molecule has 22 heavy (non-hydrogen) atoms. The van der Waals surface area contributed by atoms with E-state index in [0.717, 1.165) is 18.2 Å². The Hall–Kier alpha value is -1.77. The summed E-state index contributed by atoms with van der Waals surface area (Å²) in [5.41, 5.74) is 0.213.